The highest BCUT2D eigenvalue weighted by Gasteiger charge is 2.32. The number of aryl methyl sites for hydroxylation is 1. The van der Waals surface area contributed by atoms with E-state index in [-0.39, 0.29) is 11.7 Å². The Morgan fingerprint density at radius 3 is 3.00 bits per heavy atom. The maximum atomic E-state index is 12.1. The van der Waals surface area contributed by atoms with Gasteiger partial charge in [-0.05, 0) is 18.1 Å². The number of carbonyl (C=O) groups is 1. The van der Waals surface area contributed by atoms with E-state index in [4.69, 9.17) is 4.52 Å². The van der Waals surface area contributed by atoms with Crippen molar-refractivity contribution in [2.45, 2.75) is 25.5 Å². The minimum Gasteiger partial charge on any atom is -0.390 e. The van der Waals surface area contributed by atoms with Crippen molar-refractivity contribution >= 4 is 5.91 Å². The molecule has 1 aromatic heterocycles. The maximum Gasteiger partial charge on any atom is 0.290 e. The number of rotatable bonds is 2. The summed E-state index contributed by atoms with van der Waals surface area (Å²) in [6, 6.07) is 7.31. The first kappa shape index (κ1) is 11.9. The summed E-state index contributed by atoms with van der Waals surface area (Å²) in [5.74, 6) is -0.160. The van der Waals surface area contributed by atoms with Crippen LogP contribution in [0.3, 0.4) is 0 Å². The molecule has 2 atom stereocenters. The van der Waals surface area contributed by atoms with Gasteiger partial charge < -0.3 is 14.9 Å². The zero-order chi connectivity index (χ0) is 13.4. The van der Waals surface area contributed by atoms with Crippen LogP contribution in [0.2, 0.25) is 0 Å². The van der Waals surface area contributed by atoms with E-state index in [1.807, 2.05) is 24.3 Å². The molecule has 0 fully saturated rings. The van der Waals surface area contributed by atoms with Crippen molar-refractivity contribution in [3.8, 4) is 0 Å². The van der Waals surface area contributed by atoms with Gasteiger partial charge in [-0.15, -0.1) is 0 Å². The summed E-state index contributed by atoms with van der Waals surface area (Å²) in [7, 11) is 0. The smallest absolute Gasteiger partial charge is 0.290 e. The SMILES string of the molecule is Cc1cnoc1C(=O)NC1c2ccccc2CC1O. The molecule has 5 nitrogen and oxygen atoms in total. The number of aliphatic hydroxyl groups is 1. The highest BCUT2D eigenvalue weighted by molar-refractivity contribution is 5.93. The predicted molar refractivity (Wildman–Crippen MR) is 67.6 cm³/mol. The maximum absolute atomic E-state index is 12.1. The van der Waals surface area contributed by atoms with Crippen molar-refractivity contribution in [2.75, 3.05) is 0 Å². The molecule has 2 N–H and O–H groups in total. The van der Waals surface area contributed by atoms with E-state index in [0.29, 0.717) is 12.0 Å². The second-order valence-electron chi connectivity index (χ2n) is 4.76. The van der Waals surface area contributed by atoms with Crippen LogP contribution in [-0.2, 0) is 6.42 Å². The molecule has 1 aliphatic carbocycles. The minimum atomic E-state index is -0.607. The second kappa shape index (κ2) is 4.51. The van der Waals surface area contributed by atoms with Crippen LogP contribution in [0.5, 0.6) is 0 Å². The van der Waals surface area contributed by atoms with Crippen LogP contribution >= 0.6 is 0 Å². The van der Waals surface area contributed by atoms with E-state index in [1.54, 1.807) is 6.92 Å². The molecule has 1 heterocycles. The Kier molecular flexibility index (Phi) is 2.83. The fraction of sp³-hybridized carbons (Fsp3) is 0.286. The van der Waals surface area contributed by atoms with Gasteiger partial charge in [-0.3, -0.25) is 4.79 Å². The molecule has 1 aromatic carbocycles. The average molecular weight is 258 g/mol. The van der Waals surface area contributed by atoms with Crippen molar-refractivity contribution < 1.29 is 14.4 Å². The van der Waals surface area contributed by atoms with Gasteiger partial charge in [0.2, 0.25) is 5.76 Å². The number of benzene rings is 1. The number of nitrogens with zero attached hydrogens (tertiary/aromatic N) is 1. The first-order chi connectivity index (χ1) is 9.16. The fourth-order valence-electron chi connectivity index (χ4n) is 2.46. The lowest BCUT2D eigenvalue weighted by molar-refractivity contribution is 0.0822. The third-order valence-electron chi connectivity index (χ3n) is 3.45. The summed E-state index contributed by atoms with van der Waals surface area (Å²) < 4.78 is 4.92. The number of hydrogen-bond acceptors (Lipinski definition) is 4. The van der Waals surface area contributed by atoms with Crippen molar-refractivity contribution in [3.05, 3.63) is 52.9 Å². The van der Waals surface area contributed by atoms with Crippen molar-refractivity contribution in [3.63, 3.8) is 0 Å². The third-order valence-corrected chi connectivity index (χ3v) is 3.45. The van der Waals surface area contributed by atoms with Gasteiger partial charge in [0.1, 0.15) is 0 Å². The molecule has 5 heteroatoms. The van der Waals surface area contributed by atoms with Crippen LogP contribution in [0.1, 0.15) is 33.3 Å². The summed E-state index contributed by atoms with van der Waals surface area (Å²) in [6.07, 6.45) is 1.44. The van der Waals surface area contributed by atoms with E-state index in [2.05, 4.69) is 10.5 Å². The van der Waals surface area contributed by atoms with Crippen LogP contribution in [0.4, 0.5) is 0 Å². The Hall–Kier alpha value is -2.14. The summed E-state index contributed by atoms with van der Waals surface area (Å²) >= 11 is 0. The van der Waals surface area contributed by atoms with Gasteiger partial charge in [-0.25, -0.2) is 0 Å². The Balaban J connectivity index is 1.84. The minimum absolute atomic E-state index is 0.191. The molecule has 98 valence electrons. The molecule has 0 saturated heterocycles. The van der Waals surface area contributed by atoms with E-state index in [9.17, 15) is 9.90 Å². The molecular formula is C14H14N2O3. The third kappa shape index (κ3) is 2.02. The summed E-state index contributed by atoms with van der Waals surface area (Å²) in [5.41, 5.74) is 2.70. The lowest BCUT2D eigenvalue weighted by Crippen LogP contribution is -2.33. The Bertz CT molecular complexity index is 621. The number of amides is 1. The number of aliphatic hydroxyl groups excluding tert-OH is 1. The highest BCUT2D eigenvalue weighted by Crippen LogP contribution is 2.31. The molecule has 2 unspecified atom stereocenters. The topological polar surface area (TPSA) is 75.4 Å². The van der Waals surface area contributed by atoms with Crippen LogP contribution in [0.15, 0.2) is 35.0 Å². The molecule has 0 spiro atoms. The quantitative estimate of drug-likeness (QED) is 0.853. The van der Waals surface area contributed by atoms with Crippen LogP contribution in [-0.4, -0.2) is 22.3 Å². The Morgan fingerprint density at radius 2 is 2.26 bits per heavy atom. The number of nitrogens with one attached hydrogen (secondary N) is 1. The Labute approximate surface area is 110 Å². The molecular weight excluding hydrogens is 244 g/mol. The standard InChI is InChI=1S/C14H14N2O3/c1-8-7-15-19-13(8)14(18)16-12-10-5-3-2-4-9(10)6-11(12)17/h2-5,7,11-12,17H,6H2,1H3,(H,16,18). The normalized spacial score (nSPS) is 21.2. The zero-order valence-corrected chi connectivity index (χ0v) is 10.5. The van der Waals surface area contributed by atoms with Crippen molar-refractivity contribution in [2.24, 2.45) is 0 Å². The predicted octanol–water partition coefficient (Wildman–Crippen LogP) is 1.37. The molecule has 2 aromatic rings. The molecule has 1 amide bonds. The van der Waals surface area contributed by atoms with Gasteiger partial charge in [-0.2, -0.15) is 0 Å². The van der Waals surface area contributed by atoms with Crippen molar-refractivity contribution in [1.29, 1.82) is 0 Å². The molecule has 0 bridgehead atoms. The first-order valence-electron chi connectivity index (χ1n) is 6.15. The lowest BCUT2D eigenvalue weighted by atomic mass is 10.1. The number of hydrogen-bond donors (Lipinski definition) is 2. The van der Waals surface area contributed by atoms with Gasteiger partial charge in [0.25, 0.3) is 5.91 Å². The van der Waals surface area contributed by atoms with Gasteiger partial charge >= 0.3 is 0 Å². The van der Waals surface area contributed by atoms with Crippen LogP contribution in [0.25, 0.3) is 0 Å². The van der Waals surface area contributed by atoms with E-state index < -0.39 is 12.1 Å². The second-order valence-corrected chi connectivity index (χ2v) is 4.76. The Morgan fingerprint density at radius 1 is 1.47 bits per heavy atom. The van der Waals surface area contributed by atoms with Gasteiger partial charge in [0, 0.05) is 12.0 Å². The van der Waals surface area contributed by atoms with E-state index >= 15 is 0 Å². The van der Waals surface area contributed by atoms with Crippen LogP contribution in [0, 0.1) is 6.92 Å². The molecule has 19 heavy (non-hydrogen) atoms. The monoisotopic (exact) mass is 258 g/mol. The van der Waals surface area contributed by atoms with E-state index in [0.717, 1.165) is 11.1 Å². The number of aromatic nitrogens is 1. The fourth-order valence-corrected chi connectivity index (χ4v) is 2.46. The molecule has 0 aliphatic heterocycles. The molecule has 0 saturated carbocycles. The van der Waals surface area contributed by atoms with Gasteiger partial charge in [0.05, 0.1) is 18.3 Å². The summed E-state index contributed by atoms with van der Waals surface area (Å²) in [4.78, 5) is 12.1. The highest BCUT2D eigenvalue weighted by atomic mass is 16.5. The molecule has 1 aliphatic rings. The summed E-state index contributed by atoms with van der Waals surface area (Å²) in [6.45, 7) is 1.75. The molecule has 3 rings (SSSR count). The largest absolute Gasteiger partial charge is 0.390 e. The molecule has 0 radical (unpaired) electrons. The summed E-state index contributed by atoms with van der Waals surface area (Å²) in [5, 5.41) is 16.5. The number of fused-ring (bicyclic) bond motifs is 1. The number of carbonyl (C=O) groups excluding carboxylic acids is 1. The van der Waals surface area contributed by atoms with E-state index in [1.165, 1.54) is 6.20 Å². The van der Waals surface area contributed by atoms with Gasteiger partial charge in [0.15, 0.2) is 0 Å². The van der Waals surface area contributed by atoms with Crippen molar-refractivity contribution in [1.82, 2.24) is 10.5 Å². The zero-order valence-electron chi connectivity index (χ0n) is 10.5. The average Bonchev–Trinajstić information content (AvgIpc) is 2.94. The lowest BCUT2D eigenvalue weighted by Gasteiger charge is -2.17. The van der Waals surface area contributed by atoms with Gasteiger partial charge in [-0.1, -0.05) is 29.4 Å². The van der Waals surface area contributed by atoms with Crippen LogP contribution < -0.4 is 5.32 Å². The first-order valence-corrected chi connectivity index (χ1v) is 6.15.